The minimum Gasteiger partial charge on any atom is -0.497 e. The van der Waals surface area contributed by atoms with Crippen LogP contribution < -0.4 is 4.74 Å². The zero-order chi connectivity index (χ0) is 11.5. The fourth-order valence-electron chi connectivity index (χ4n) is 1.61. The number of hydrogen-bond donors (Lipinski definition) is 1. The Kier molecular flexibility index (Phi) is 3.01. The summed E-state index contributed by atoms with van der Waals surface area (Å²) in [5.74, 6) is 0.857. The topological polar surface area (TPSA) is 37.9 Å². The summed E-state index contributed by atoms with van der Waals surface area (Å²) in [7, 11) is 1.66. The van der Waals surface area contributed by atoms with Crippen molar-refractivity contribution in [1.29, 1.82) is 0 Å². The van der Waals surface area contributed by atoms with Crippen molar-refractivity contribution in [3.05, 3.63) is 40.7 Å². The SMILES string of the molecule is COc1ccc(-c2cn[nH]c(=S)c2)c(C)c1. The third-order valence-corrected chi connectivity index (χ3v) is 2.62. The molecule has 16 heavy (non-hydrogen) atoms. The van der Waals surface area contributed by atoms with E-state index in [-0.39, 0.29) is 0 Å². The third-order valence-electron chi connectivity index (χ3n) is 2.41. The summed E-state index contributed by atoms with van der Waals surface area (Å²) in [6, 6.07) is 7.84. The van der Waals surface area contributed by atoms with Crippen LogP contribution in [0.3, 0.4) is 0 Å². The number of rotatable bonds is 2. The molecule has 3 nitrogen and oxygen atoms in total. The molecule has 1 N–H and O–H groups in total. The molecule has 0 fully saturated rings. The van der Waals surface area contributed by atoms with Gasteiger partial charge >= 0.3 is 0 Å². The molecule has 0 saturated carbocycles. The lowest BCUT2D eigenvalue weighted by Gasteiger charge is -2.07. The third kappa shape index (κ3) is 2.12. The Morgan fingerprint density at radius 3 is 2.75 bits per heavy atom. The molecule has 0 aliphatic heterocycles. The summed E-state index contributed by atoms with van der Waals surface area (Å²) in [5.41, 5.74) is 3.28. The van der Waals surface area contributed by atoms with Crippen LogP contribution in [0.25, 0.3) is 11.1 Å². The average molecular weight is 232 g/mol. The van der Waals surface area contributed by atoms with Gasteiger partial charge in [-0.15, -0.1) is 0 Å². The van der Waals surface area contributed by atoms with E-state index in [1.54, 1.807) is 13.3 Å². The maximum absolute atomic E-state index is 5.17. The van der Waals surface area contributed by atoms with E-state index in [0.29, 0.717) is 4.64 Å². The molecule has 0 radical (unpaired) electrons. The molecule has 0 aliphatic rings. The van der Waals surface area contributed by atoms with Crippen molar-refractivity contribution in [2.45, 2.75) is 6.92 Å². The van der Waals surface area contributed by atoms with Crippen LogP contribution in [0, 0.1) is 11.6 Å². The van der Waals surface area contributed by atoms with Gasteiger partial charge in [0.1, 0.15) is 10.4 Å². The van der Waals surface area contributed by atoms with Crippen LogP contribution in [0.2, 0.25) is 0 Å². The van der Waals surface area contributed by atoms with Crippen molar-refractivity contribution in [2.24, 2.45) is 0 Å². The summed E-state index contributed by atoms with van der Waals surface area (Å²) in [6.45, 7) is 2.04. The highest BCUT2D eigenvalue weighted by molar-refractivity contribution is 7.71. The fourth-order valence-corrected chi connectivity index (χ4v) is 1.79. The molecule has 0 spiro atoms. The molecule has 2 rings (SSSR count). The molecular formula is C12H12N2OS. The Morgan fingerprint density at radius 1 is 1.31 bits per heavy atom. The van der Waals surface area contributed by atoms with Crippen molar-refractivity contribution >= 4 is 12.2 Å². The summed E-state index contributed by atoms with van der Waals surface area (Å²) < 4.78 is 5.80. The van der Waals surface area contributed by atoms with Gasteiger partial charge in [-0.1, -0.05) is 18.3 Å². The van der Waals surface area contributed by atoms with E-state index in [0.717, 1.165) is 22.4 Å². The number of aromatic amines is 1. The minimum atomic E-state index is 0.632. The first-order valence-corrected chi connectivity index (χ1v) is 5.31. The summed E-state index contributed by atoms with van der Waals surface area (Å²) in [6.07, 6.45) is 1.77. The smallest absolute Gasteiger partial charge is 0.120 e. The Hall–Kier alpha value is -1.68. The van der Waals surface area contributed by atoms with E-state index >= 15 is 0 Å². The zero-order valence-electron chi connectivity index (χ0n) is 9.15. The largest absolute Gasteiger partial charge is 0.497 e. The van der Waals surface area contributed by atoms with Crippen molar-refractivity contribution in [3.63, 3.8) is 0 Å². The summed E-state index contributed by atoms with van der Waals surface area (Å²) >= 11 is 5.05. The van der Waals surface area contributed by atoms with Gasteiger partial charge in [-0.2, -0.15) is 5.10 Å². The first kappa shape index (κ1) is 10.8. The highest BCUT2D eigenvalue weighted by Crippen LogP contribution is 2.25. The van der Waals surface area contributed by atoms with Crippen molar-refractivity contribution in [3.8, 4) is 16.9 Å². The monoisotopic (exact) mass is 232 g/mol. The molecule has 1 aromatic heterocycles. The van der Waals surface area contributed by atoms with E-state index in [9.17, 15) is 0 Å². The van der Waals surface area contributed by atoms with Crippen LogP contribution >= 0.6 is 12.2 Å². The minimum absolute atomic E-state index is 0.632. The van der Waals surface area contributed by atoms with Crippen LogP contribution in [0.1, 0.15) is 5.56 Å². The van der Waals surface area contributed by atoms with E-state index in [1.165, 1.54) is 0 Å². The number of benzene rings is 1. The van der Waals surface area contributed by atoms with Gasteiger partial charge in [-0.05, 0) is 36.2 Å². The maximum atomic E-state index is 5.17. The predicted octanol–water partition coefficient (Wildman–Crippen LogP) is 3.12. The van der Waals surface area contributed by atoms with Crippen LogP contribution in [0.5, 0.6) is 5.75 Å². The molecule has 0 saturated heterocycles. The summed E-state index contributed by atoms with van der Waals surface area (Å²) in [4.78, 5) is 0. The van der Waals surface area contributed by atoms with Gasteiger partial charge in [0.2, 0.25) is 0 Å². The zero-order valence-corrected chi connectivity index (χ0v) is 9.97. The molecule has 0 amide bonds. The molecule has 0 aliphatic carbocycles. The predicted molar refractivity (Wildman–Crippen MR) is 66.1 cm³/mol. The second kappa shape index (κ2) is 4.45. The van der Waals surface area contributed by atoms with E-state index in [2.05, 4.69) is 10.2 Å². The lowest BCUT2D eigenvalue weighted by Crippen LogP contribution is -1.89. The number of methoxy groups -OCH3 is 1. The first-order chi connectivity index (χ1) is 7.70. The molecule has 1 heterocycles. The molecule has 82 valence electrons. The summed E-state index contributed by atoms with van der Waals surface area (Å²) in [5, 5.41) is 6.71. The second-order valence-electron chi connectivity index (χ2n) is 3.51. The number of aromatic nitrogens is 2. The van der Waals surface area contributed by atoms with Gasteiger partial charge in [-0.3, -0.25) is 5.10 Å². The normalized spacial score (nSPS) is 10.1. The number of hydrogen-bond acceptors (Lipinski definition) is 3. The van der Waals surface area contributed by atoms with Crippen LogP contribution in [0.15, 0.2) is 30.5 Å². The Balaban J connectivity index is 2.52. The number of H-pyrrole nitrogens is 1. The number of nitrogens with one attached hydrogen (secondary N) is 1. The molecule has 0 atom stereocenters. The quantitative estimate of drug-likeness (QED) is 0.808. The fraction of sp³-hybridized carbons (Fsp3) is 0.167. The average Bonchev–Trinajstić information content (AvgIpc) is 2.28. The van der Waals surface area contributed by atoms with Gasteiger partial charge in [0, 0.05) is 5.56 Å². The number of ether oxygens (including phenoxy) is 1. The molecule has 1 aromatic carbocycles. The van der Waals surface area contributed by atoms with Gasteiger partial charge in [0.05, 0.1) is 13.3 Å². The van der Waals surface area contributed by atoms with Crippen molar-refractivity contribution in [1.82, 2.24) is 10.2 Å². The highest BCUT2D eigenvalue weighted by Gasteiger charge is 2.03. The van der Waals surface area contributed by atoms with Gasteiger partial charge in [0.15, 0.2) is 0 Å². The number of aryl methyl sites for hydroxylation is 1. The second-order valence-corrected chi connectivity index (χ2v) is 3.95. The standard InChI is InChI=1S/C12H12N2OS/c1-8-5-10(15-2)3-4-11(8)9-6-12(16)14-13-7-9/h3-7H,1-2H3,(H,14,16). The van der Waals surface area contributed by atoms with Crippen molar-refractivity contribution < 1.29 is 4.74 Å². The maximum Gasteiger partial charge on any atom is 0.120 e. The molecule has 4 heteroatoms. The lowest BCUT2D eigenvalue weighted by molar-refractivity contribution is 0.414. The van der Waals surface area contributed by atoms with Crippen LogP contribution in [-0.4, -0.2) is 17.3 Å². The van der Waals surface area contributed by atoms with Crippen LogP contribution in [-0.2, 0) is 0 Å². The Morgan fingerprint density at radius 2 is 2.12 bits per heavy atom. The van der Waals surface area contributed by atoms with E-state index in [4.69, 9.17) is 17.0 Å². The van der Waals surface area contributed by atoms with Gasteiger partial charge < -0.3 is 4.74 Å². The van der Waals surface area contributed by atoms with Crippen molar-refractivity contribution in [2.75, 3.05) is 7.11 Å². The lowest BCUT2D eigenvalue weighted by atomic mass is 10.0. The molecule has 0 bridgehead atoms. The van der Waals surface area contributed by atoms with Gasteiger partial charge in [0.25, 0.3) is 0 Å². The van der Waals surface area contributed by atoms with Gasteiger partial charge in [-0.25, -0.2) is 0 Å². The number of nitrogens with zero attached hydrogens (tertiary/aromatic N) is 1. The molecule has 0 unspecified atom stereocenters. The van der Waals surface area contributed by atoms with Crippen LogP contribution in [0.4, 0.5) is 0 Å². The van der Waals surface area contributed by atoms with E-state index < -0.39 is 0 Å². The highest BCUT2D eigenvalue weighted by atomic mass is 32.1. The Labute approximate surface area is 99.1 Å². The molecular weight excluding hydrogens is 220 g/mol. The molecule has 2 aromatic rings. The first-order valence-electron chi connectivity index (χ1n) is 4.90. The van der Waals surface area contributed by atoms with E-state index in [1.807, 2.05) is 31.2 Å². The Bertz CT molecular complexity index is 563.